The second-order valence-electron chi connectivity index (χ2n) is 6.82. The van der Waals surface area contributed by atoms with Crippen molar-refractivity contribution in [3.8, 4) is 17.2 Å². The van der Waals surface area contributed by atoms with Crippen LogP contribution in [0.4, 0.5) is 0 Å². The van der Waals surface area contributed by atoms with E-state index in [9.17, 15) is 9.59 Å². The number of nitrogens with zero attached hydrogens (tertiary/aromatic N) is 1. The fourth-order valence-corrected chi connectivity index (χ4v) is 3.37. The molecule has 1 saturated carbocycles. The summed E-state index contributed by atoms with van der Waals surface area (Å²) in [4.78, 5) is 27.3. The minimum atomic E-state index is -0.769. The summed E-state index contributed by atoms with van der Waals surface area (Å²) < 4.78 is 16.9. The van der Waals surface area contributed by atoms with Crippen LogP contribution in [0, 0.1) is 5.92 Å². The van der Waals surface area contributed by atoms with E-state index in [1.807, 2.05) is 0 Å². The molecule has 0 amide bonds. The molecule has 7 nitrogen and oxygen atoms in total. The van der Waals surface area contributed by atoms with Gasteiger partial charge in [-0.1, -0.05) is 17.7 Å². The van der Waals surface area contributed by atoms with E-state index in [0.29, 0.717) is 59.3 Å². The van der Waals surface area contributed by atoms with E-state index in [1.54, 1.807) is 36.5 Å². The predicted molar refractivity (Wildman–Crippen MR) is 106 cm³/mol. The number of para-hydroxylation sites is 1. The summed E-state index contributed by atoms with van der Waals surface area (Å²) in [5, 5.41) is 9.63. The van der Waals surface area contributed by atoms with Crippen LogP contribution in [-0.2, 0) is 9.53 Å². The number of rotatable bonds is 7. The summed E-state index contributed by atoms with van der Waals surface area (Å²) in [6.07, 6.45) is 2.63. The van der Waals surface area contributed by atoms with Gasteiger partial charge in [-0.3, -0.25) is 9.59 Å². The van der Waals surface area contributed by atoms with E-state index in [4.69, 9.17) is 30.6 Å². The second-order valence-corrected chi connectivity index (χ2v) is 7.23. The highest BCUT2D eigenvalue weighted by atomic mass is 35.5. The molecule has 29 heavy (non-hydrogen) atoms. The Morgan fingerprint density at radius 1 is 1.24 bits per heavy atom. The van der Waals surface area contributed by atoms with E-state index in [2.05, 4.69) is 4.98 Å². The maximum absolute atomic E-state index is 12.3. The Bertz CT molecular complexity index is 1090. The molecule has 1 aliphatic rings. The van der Waals surface area contributed by atoms with Crippen molar-refractivity contribution in [1.82, 2.24) is 4.98 Å². The maximum atomic E-state index is 12.3. The van der Waals surface area contributed by atoms with Crippen LogP contribution >= 0.6 is 11.6 Å². The molecule has 2 heterocycles. The van der Waals surface area contributed by atoms with Crippen LogP contribution in [0.1, 0.15) is 12.8 Å². The molecule has 8 heteroatoms. The van der Waals surface area contributed by atoms with Gasteiger partial charge in [-0.05, 0) is 31.0 Å². The molecule has 0 atom stereocenters. The molecule has 4 rings (SSSR count). The van der Waals surface area contributed by atoms with E-state index in [-0.39, 0.29) is 17.5 Å². The van der Waals surface area contributed by atoms with Gasteiger partial charge in [0.15, 0.2) is 11.0 Å². The fourth-order valence-electron chi connectivity index (χ4n) is 3.16. The summed E-state index contributed by atoms with van der Waals surface area (Å²) in [5.41, 5.74) is 0.791. The molecule has 1 aromatic carbocycles. The number of aromatic nitrogens is 1. The van der Waals surface area contributed by atoms with Crippen molar-refractivity contribution in [2.45, 2.75) is 18.9 Å². The van der Waals surface area contributed by atoms with Gasteiger partial charge in [0, 0.05) is 23.9 Å². The molecule has 0 unspecified atom stereocenters. The van der Waals surface area contributed by atoms with Crippen LogP contribution < -0.4 is 10.2 Å². The Morgan fingerprint density at radius 2 is 2.07 bits per heavy atom. The van der Waals surface area contributed by atoms with E-state index in [0.717, 1.165) is 0 Å². The number of carbonyl (C=O) groups is 1. The monoisotopic (exact) mass is 415 g/mol. The van der Waals surface area contributed by atoms with Crippen LogP contribution in [0.15, 0.2) is 51.8 Å². The Balaban J connectivity index is 1.35. The number of ether oxygens (including phenoxy) is 2. The minimum Gasteiger partial charge on any atom is -0.481 e. The lowest BCUT2D eigenvalue weighted by molar-refractivity contribution is -0.151. The van der Waals surface area contributed by atoms with Gasteiger partial charge < -0.3 is 19.0 Å². The third-order valence-electron chi connectivity index (χ3n) is 4.86. The van der Waals surface area contributed by atoms with Gasteiger partial charge in [-0.2, -0.15) is 0 Å². The van der Waals surface area contributed by atoms with Gasteiger partial charge in [-0.25, -0.2) is 4.98 Å². The Kier molecular flexibility index (Phi) is 5.51. The zero-order chi connectivity index (χ0) is 20.4. The third-order valence-corrected chi connectivity index (χ3v) is 5.16. The average molecular weight is 416 g/mol. The average Bonchev–Trinajstić information content (AvgIpc) is 2.67. The SMILES string of the molecule is O=c1cc(-c2ccc(OCCO[C@H]3C[C@H](C(=O)O)C3)nc2)oc2c(Cl)cccc12. The standard InChI is InChI=1S/C21H18ClNO6/c22-16-3-1-2-15-17(24)10-18(29-20(15)16)12-4-5-19(23-11-12)28-7-6-27-14-8-13(9-14)21(25)26/h1-5,10-11,13-14H,6-9H2,(H,25,26)/t13-,14-. The maximum Gasteiger partial charge on any atom is 0.306 e. The largest absolute Gasteiger partial charge is 0.481 e. The number of halogens is 1. The molecule has 150 valence electrons. The summed E-state index contributed by atoms with van der Waals surface area (Å²) in [5.74, 6) is -0.276. The molecule has 1 fully saturated rings. The third kappa shape index (κ3) is 4.26. The lowest BCUT2D eigenvalue weighted by atomic mass is 9.82. The lowest BCUT2D eigenvalue weighted by Crippen LogP contribution is -2.37. The van der Waals surface area contributed by atoms with Gasteiger partial charge in [0.1, 0.15) is 12.4 Å². The molecule has 1 N–H and O–H groups in total. The lowest BCUT2D eigenvalue weighted by Gasteiger charge is -2.31. The van der Waals surface area contributed by atoms with Crippen molar-refractivity contribution in [3.05, 3.63) is 57.8 Å². The number of hydrogen-bond acceptors (Lipinski definition) is 6. The first-order valence-electron chi connectivity index (χ1n) is 9.17. The van der Waals surface area contributed by atoms with Crippen molar-refractivity contribution in [2.75, 3.05) is 13.2 Å². The summed E-state index contributed by atoms with van der Waals surface area (Å²) in [6.45, 7) is 0.666. The number of fused-ring (bicyclic) bond motifs is 1. The van der Waals surface area contributed by atoms with Crippen molar-refractivity contribution in [2.24, 2.45) is 5.92 Å². The highest BCUT2D eigenvalue weighted by Gasteiger charge is 2.34. The number of aliphatic carboxylic acids is 1. The van der Waals surface area contributed by atoms with Crippen LogP contribution in [0.3, 0.4) is 0 Å². The first-order valence-corrected chi connectivity index (χ1v) is 9.55. The fraction of sp³-hybridized carbons (Fsp3) is 0.286. The summed E-state index contributed by atoms with van der Waals surface area (Å²) >= 11 is 6.14. The van der Waals surface area contributed by atoms with Crippen molar-refractivity contribution in [1.29, 1.82) is 0 Å². The number of pyridine rings is 1. The Morgan fingerprint density at radius 3 is 2.79 bits per heavy atom. The molecule has 2 aromatic heterocycles. The molecule has 0 radical (unpaired) electrons. The quantitative estimate of drug-likeness (QED) is 0.586. The molecule has 0 spiro atoms. The normalized spacial score (nSPS) is 18.4. The summed E-state index contributed by atoms with van der Waals surface area (Å²) in [7, 11) is 0. The molecular weight excluding hydrogens is 398 g/mol. The Labute approximate surface area is 170 Å². The van der Waals surface area contributed by atoms with Gasteiger partial charge in [0.05, 0.1) is 29.0 Å². The number of benzene rings is 1. The zero-order valence-electron chi connectivity index (χ0n) is 15.3. The van der Waals surface area contributed by atoms with E-state index in [1.165, 1.54) is 6.07 Å². The van der Waals surface area contributed by atoms with Gasteiger partial charge in [0.2, 0.25) is 5.88 Å². The topological polar surface area (TPSA) is 98.9 Å². The molecule has 0 bridgehead atoms. The number of hydrogen-bond donors (Lipinski definition) is 1. The van der Waals surface area contributed by atoms with Crippen molar-refractivity contribution < 1.29 is 23.8 Å². The Hall–Kier alpha value is -2.90. The van der Waals surface area contributed by atoms with Gasteiger partial charge in [0.25, 0.3) is 0 Å². The zero-order valence-corrected chi connectivity index (χ0v) is 16.1. The molecule has 0 aliphatic heterocycles. The minimum absolute atomic E-state index is 0.0161. The molecule has 3 aromatic rings. The van der Waals surface area contributed by atoms with Gasteiger partial charge >= 0.3 is 5.97 Å². The predicted octanol–water partition coefficient (Wildman–Crippen LogP) is 3.77. The molecular formula is C21H18ClNO6. The number of carboxylic acids is 1. The van der Waals surface area contributed by atoms with E-state index < -0.39 is 5.97 Å². The van der Waals surface area contributed by atoms with Crippen LogP contribution in [0.25, 0.3) is 22.3 Å². The van der Waals surface area contributed by atoms with Crippen LogP contribution in [-0.4, -0.2) is 35.4 Å². The second kappa shape index (κ2) is 8.23. The number of carboxylic acid groups (broad SMARTS) is 1. The van der Waals surface area contributed by atoms with Crippen molar-refractivity contribution in [3.63, 3.8) is 0 Å². The smallest absolute Gasteiger partial charge is 0.306 e. The molecule has 0 saturated heterocycles. The van der Waals surface area contributed by atoms with Crippen LogP contribution in [0.2, 0.25) is 5.02 Å². The highest BCUT2D eigenvalue weighted by Crippen LogP contribution is 2.30. The summed E-state index contributed by atoms with van der Waals surface area (Å²) in [6, 6.07) is 9.86. The first kappa shape index (κ1) is 19.4. The van der Waals surface area contributed by atoms with Crippen molar-refractivity contribution >= 4 is 28.5 Å². The molecule has 1 aliphatic carbocycles. The highest BCUT2D eigenvalue weighted by molar-refractivity contribution is 6.34. The first-order chi connectivity index (χ1) is 14.0. The van der Waals surface area contributed by atoms with Gasteiger partial charge in [-0.15, -0.1) is 0 Å². The van der Waals surface area contributed by atoms with Crippen LogP contribution in [0.5, 0.6) is 5.88 Å². The van der Waals surface area contributed by atoms with E-state index >= 15 is 0 Å².